The molecule has 0 aromatic heterocycles. The van der Waals surface area contributed by atoms with Crippen LogP contribution >= 0.6 is 0 Å². The Labute approximate surface area is 125 Å². The van der Waals surface area contributed by atoms with Crippen molar-refractivity contribution in [2.45, 2.75) is 25.8 Å². The molecule has 0 bridgehead atoms. The molecule has 1 atom stereocenters. The van der Waals surface area contributed by atoms with Crippen molar-refractivity contribution in [2.24, 2.45) is 0 Å². The van der Waals surface area contributed by atoms with Crippen LogP contribution in [0.15, 0.2) is 54.6 Å². The van der Waals surface area contributed by atoms with Gasteiger partial charge in [0.1, 0.15) is 0 Å². The molecule has 3 nitrogen and oxygen atoms in total. The van der Waals surface area contributed by atoms with Crippen molar-refractivity contribution >= 4 is 5.91 Å². The smallest absolute Gasteiger partial charge is 0.251 e. The van der Waals surface area contributed by atoms with Gasteiger partial charge in [-0.15, -0.1) is 0 Å². The SMILES string of the molecule is CCc1ccc(C(=O)NC(CO)Cc2ccccc2)cc1. The van der Waals surface area contributed by atoms with Crippen molar-refractivity contribution in [3.8, 4) is 0 Å². The fourth-order valence-corrected chi connectivity index (χ4v) is 2.22. The second-order valence-electron chi connectivity index (χ2n) is 5.09. The number of hydrogen-bond donors (Lipinski definition) is 2. The molecular formula is C18H21NO2. The lowest BCUT2D eigenvalue weighted by Gasteiger charge is -2.16. The van der Waals surface area contributed by atoms with E-state index in [2.05, 4.69) is 12.2 Å². The van der Waals surface area contributed by atoms with Crippen LogP contribution in [0, 0.1) is 0 Å². The van der Waals surface area contributed by atoms with Crippen molar-refractivity contribution in [1.82, 2.24) is 5.32 Å². The van der Waals surface area contributed by atoms with Crippen LogP contribution in [0.1, 0.15) is 28.4 Å². The first-order chi connectivity index (χ1) is 10.2. The van der Waals surface area contributed by atoms with Crippen LogP contribution in [0.4, 0.5) is 0 Å². The normalized spacial score (nSPS) is 11.9. The third-order valence-corrected chi connectivity index (χ3v) is 3.50. The molecule has 0 saturated carbocycles. The van der Waals surface area contributed by atoms with E-state index < -0.39 is 0 Å². The average Bonchev–Trinajstić information content (AvgIpc) is 2.55. The molecule has 3 heteroatoms. The Morgan fingerprint density at radius 1 is 1.05 bits per heavy atom. The van der Waals surface area contributed by atoms with E-state index in [-0.39, 0.29) is 18.6 Å². The molecule has 0 saturated heterocycles. The summed E-state index contributed by atoms with van der Waals surface area (Å²) in [5.41, 5.74) is 2.92. The van der Waals surface area contributed by atoms with E-state index in [1.807, 2.05) is 54.6 Å². The van der Waals surface area contributed by atoms with E-state index in [0.717, 1.165) is 12.0 Å². The standard InChI is InChI=1S/C18H21NO2/c1-2-14-8-10-16(11-9-14)18(21)19-17(13-20)12-15-6-4-3-5-7-15/h3-11,17,20H,2,12-13H2,1H3,(H,19,21). The predicted molar refractivity (Wildman–Crippen MR) is 84.3 cm³/mol. The fourth-order valence-electron chi connectivity index (χ4n) is 2.22. The van der Waals surface area contributed by atoms with Gasteiger partial charge in [0.05, 0.1) is 12.6 Å². The van der Waals surface area contributed by atoms with E-state index in [9.17, 15) is 9.90 Å². The third-order valence-electron chi connectivity index (χ3n) is 3.50. The summed E-state index contributed by atoms with van der Waals surface area (Å²) >= 11 is 0. The van der Waals surface area contributed by atoms with Gasteiger partial charge in [-0.3, -0.25) is 4.79 Å². The van der Waals surface area contributed by atoms with Gasteiger partial charge in [0, 0.05) is 5.56 Å². The Kier molecular flexibility index (Phi) is 5.52. The molecule has 0 radical (unpaired) electrons. The number of amides is 1. The maximum Gasteiger partial charge on any atom is 0.251 e. The molecule has 1 unspecified atom stereocenters. The lowest BCUT2D eigenvalue weighted by molar-refractivity contribution is 0.0916. The van der Waals surface area contributed by atoms with Crippen molar-refractivity contribution in [1.29, 1.82) is 0 Å². The third kappa shape index (κ3) is 4.43. The average molecular weight is 283 g/mol. The van der Waals surface area contributed by atoms with Crippen LogP contribution in [-0.2, 0) is 12.8 Å². The van der Waals surface area contributed by atoms with E-state index in [1.54, 1.807) is 0 Å². The molecular weight excluding hydrogens is 262 g/mol. The first-order valence-corrected chi connectivity index (χ1v) is 7.27. The molecule has 1 amide bonds. The molecule has 0 heterocycles. The minimum Gasteiger partial charge on any atom is -0.394 e. The Morgan fingerprint density at radius 3 is 2.29 bits per heavy atom. The van der Waals surface area contributed by atoms with Gasteiger partial charge in [-0.1, -0.05) is 49.4 Å². The summed E-state index contributed by atoms with van der Waals surface area (Å²) in [5.74, 6) is -0.146. The molecule has 0 aliphatic carbocycles. The number of hydrogen-bond acceptors (Lipinski definition) is 2. The van der Waals surface area contributed by atoms with Crippen LogP contribution in [0.25, 0.3) is 0 Å². The van der Waals surface area contributed by atoms with E-state index >= 15 is 0 Å². The maximum atomic E-state index is 12.2. The number of aliphatic hydroxyl groups excluding tert-OH is 1. The topological polar surface area (TPSA) is 49.3 Å². The number of benzene rings is 2. The number of carbonyl (C=O) groups is 1. The zero-order valence-corrected chi connectivity index (χ0v) is 12.3. The van der Waals surface area contributed by atoms with Crippen LogP contribution in [-0.4, -0.2) is 23.7 Å². The van der Waals surface area contributed by atoms with E-state index in [4.69, 9.17) is 0 Å². The quantitative estimate of drug-likeness (QED) is 0.856. The van der Waals surface area contributed by atoms with E-state index in [1.165, 1.54) is 5.56 Å². The Hall–Kier alpha value is -2.13. The Balaban J connectivity index is 1.98. The van der Waals surface area contributed by atoms with Crippen LogP contribution in [0.3, 0.4) is 0 Å². The first-order valence-electron chi connectivity index (χ1n) is 7.27. The largest absolute Gasteiger partial charge is 0.394 e. The molecule has 2 N–H and O–H groups in total. The van der Waals surface area contributed by atoms with Crippen molar-refractivity contribution in [3.63, 3.8) is 0 Å². The Bertz CT molecular complexity index is 564. The number of aryl methyl sites for hydroxylation is 1. The van der Waals surface area contributed by atoms with Gasteiger partial charge < -0.3 is 10.4 Å². The summed E-state index contributed by atoms with van der Waals surface area (Å²) in [7, 11) is 0. The second-order valence-corrected chi connectivity index (χ2v) is 5.09. The van der Waals surface area contributed by atoms with Gasteiger partial charge in [0.25, 0.3) is 5.91 Å². The zero-order valence-electron chi connectivity index (χ0n) is 12.3. The molecule has 2 rings (SSSR count). The fraction of sp³-hybridized carbons (Fsp3) is 0.278. The molecule has 2 aromatic rings. The summed E-state index contributed by atoms with van der Waals surface area (Å²) in [4.78, 5) is 12.2. The number of nitrogens with one attached hydrogen (secondary N) is 1. The highest BCUT2D eigenvalue weighted by Gasteiger charge is 2.13. The summed E-state index contributed by atoms with van der Waals surface area (Å²) in [6, 6.07) is 17.1. The molecule has 0 fully saturated rings. The number of carbonyl (C=O) groups excluding carboxylic acids is 1. The van der Waals surface area contributed by atoms with Gasteiger partial charge in [-0.25, -0.2) is 0 Å². The molecule has 0 aliphatic rings. The van der Waals surface area contributed by atoms with Crippen LogP contribution in [0.2, 0.25) is 0 Å². The highest BCUT2D eigenvalue weighted by atomic mass is 16.3. The minimum absolute atomic E-state index is 0.0757. The molecule has 0 aliphatic heterocycles. The summed E-state index contributed by atoms with van der Waals surface area (Å²) in [5, 5.41) is 12.3. The first kappa shape index (κ1) is 15.3. The number of aliphatic hydroxyl groups is 1. The lowest BCUT2D eigenvalue weighted by atomic mass is 10.1. The highest BCUT2D eigenvalue weighted by molar-refractivity contribution is 5.94. The highest BCUT2D eigenvalue weighted by Crippen LogP contribution is 2.07. The molecule has 21 heavy (non-hydrogen) atoms. The van der Waals surface area contributed by atoms with Gasteiger partial charge in [0.2, 0.25) is 0 Å². The van der Waals surface area contributed by atoms with Crippen molar-refractivity contribution < 1.29 is 9.90 Å². The molecule has 0 spiro atoms. The second kappa shape index (κ2) is 7.60. The minimum atomic E-state index is -0.272. The molecule has 110 valence electrons. The predicted octanol–water partition coefficient (Wildman–Crippen LogP) is 2.58. The zero-order chi connectivity index (χ0) is 15.1. The van der Waals surface area contributed by atoms with Crippen LogP contribution < -0.4 is 5.32 Å². The van der Waals surface area contributed by atoms with E-state index in [0.29, 0.717) is 12.0 Å². The van der Waals surface area contributed by atoms with Crippen molar-refractivity contribution in [3.05, 3.63) is 71.3 Å². The summed E-state index contributed by atoms with van der Waals surface area (Å²) < 4.78 is 0. The van der Waals surface area contributed by atoms with Gasteiger partial charge >= 0.3 is 0 Å². The summed E-state index contributed by atoms with van der Waals surface area (Å²) in [6.07, 6.45) is 1.57. The molecule has 2 aromatic carbocycles. The van der Waals surface area contributed by atoms with Crippen molar-refractivity contribution in [2.75, 3.05) is 6.61 Å². The monoisotopic (exact) mass is 283 g/mol. The number of rotatable bonds is 6. The maximum absolute atomic E-state index is 12.2. The van der Waals surface area contributed by atoms with Gasteiger partial charge in [-0.2, -0.15) is 0 Å². The summed E-state index contributed by atoms with van der Waals surface area (Å²) in [6.45, 7) is 2.00. The van der Waals surface area contributed by atoms with Gasteiger partial charge in [0.15, 0.2) is 0 Å². The lowest BCUT2D eigenvalue weighted by Crippen LogP contribution is -2.39. The van der Waals surface area contributed by atoms with Crippen LogP contribution in [0.5, 0.6) is 0 Å². The van der Waals surface area contributed by atoms with Gasteiger partial charge in [-0.05, 0) is 36.1 Å². The Morgan fingerprint density at radius 2 is 1.71 bits per heavy atom.